The van der Waals surface area contributed by atoms with Crippen LogP contribution in [-0.2, 0) is 9.53 Å². The topological polar surface area (TPSA) is 83.3 Å². The van der Waals surface area contributed by atoms with Gasteiger partial charge in [-0.2, -0.15) is 5.26 Å². The van der Waals surface area contributed by atoms with Gasteiger partial charge in [0.05, 0.1) is 33.8 Å². The number of carbonyl (C=O) groups excluding carboxylic acids is 2. The molecule has 0 saturated heterocycles. The number of benzene rings is 2. The Labute approximate surface area is 158 Å². The first kappa shape index (κ1) is 18.5. The van der Waals surface area contributed by atoms with Gasteiger partial charge in [0.15, 0.2) is 6.61 Å². The molecule has 0 N–H and O–H groups in total. The maximum atomic E-state index is 13.1. The first-order chi connectivity index (χ1) is 13.1. The number of aromatic nitrogens is 1. The molecule has 0 fully saturated rings. The normalized spacial score (nSPS) is 10.4. The van der Waals surface area contributed by atoms with Crippen molar-refractivity contribution in [2.45, 2.75) is 6.42 Å². The van der Waals surface area contributed by atoms with Crippen molar-refractivity contribution < 1.29 is 18.7 Å². The van der Waals surface area contributed by atoms with E-state index in [1.54, 1.807) is 23.7 Å². The predicted molar refractivity (Wildman–Crippen MR) is 98.9 cm³/mol. The number of amides is 1. The number of hydrogen-bond acceptors (Lipinski definition) is 6. The van der Waals surface area contributed by atoms with Crippen LogP contribution in [0, 0.1) is 17.1 Å². The summed E-state index contributed by atoms with van der Waals surface area (Å²) in [6, 6.07) is 12.2. The van der Waals surface area contributed by atoms with Crippen molar-refractivity contribution in [3.05, 3.63) is 59.4 Å². The van der Waals surface area contributed by atoms with Gasteiger partial charge < -0.3 is 9.64 Å². The molecule has 8 heteroatoms. The van der Waals surface area contributed by atoms with Gasteiger partial charge >= 0.3 is 5.97 Å². The van der Waals surface area contributed by atoms with Crippen LogP contribution in [0.4, 0.5) is 10.1 Å². The minimum atomic E-state index is -0.627. The number of fused-ring (bicyclic) bond motifs is 1. The molecule has 1 heterocycles. The van der Waals surface area contributed by atoms with Crippen molar-refractivity contribution in [3.8, 4) is 6.07 Å². The maximum absolute atomic E-state index is 13.1. The SMILES string of the molecule is N#CCCN(C(=O)COC(=O)c1ccc2ncsc2c1)c1ccc(F)cc1. The van der Waals surface area contributed by atoms with E-state index in [9.17, 15) is 14.0 Å². The van der Waals surface area contributed by atoms with E-state index in [0.29, 0.717) is 11.3 Å². The Morgan fingerprint density at radius 3 is 2.74 bits per heavy atom. The number of hydrogen-bond donors (Lipinski definition) is 0. The molecule has 6 nitrogen and oxygen atoms in total. The molecular formula is C19H14FN3O3S. The zero-order chi connectivity index (χ0) is 19.2. The monoisotopic (exact) mass is 383 g/mol. The molecule has 0 bridgehead atoms. The lowest BCUT2D eigenvalue weighted by molar-refractivity contribution is -0.121. The van der Waals surface area contributed by atoms with Crippen LogP contribution in [0.15, 0.2) is 48.0 Å². The second kappa shape index (κ2) is 8.38. The molecule has 0 saturated carbocycles. The molecule has 136 valence electrons. The first-order valence-electron chi connectivity index (χ1n) is 8.02. The number of nitrogens with zero attached hydrogens (tertiary/aromatic N) is 3. The Balaban J connectivity index is 1.68. The molecule has 27 heavy (non-hydrogen) atoms. The van der Waals surface area contributed by atoms with E-state index in [-0.39, 0.29) is 13.0 Å². The number of halogens is 1. The van der Waals surface area contributed by atoms with Crippen LogP contribution in [0.2, 0.25) is 0 Å². The molecule has 2 aromatic carbocycles. The van der Waals surface area contributed by atoms with E-state index < -0.39 is 24.3 Å². The lowest BCUT2D eigenvalue weighted by atomic mass is 10.2. The van der Waals surface area contributed by atoms with Crippen molar-refractivity contribution in [3.63, 3.8) is 0 Å². The highest BCUT2D eigenvalue weighted by Crippen LogP contribution is 2.20. The summed E-state index contributed by atoms with van der Waals surface area (Å²) in [4.78, 5) is 30.1. The van der Waals surface area contributed by atoms with E-state index in [1.165, 1.54) is 40.5 Å². The average molecular weight is 383 g/mol. The van der Waals surface area contributed by atoms with Gasteiger partial charge in [-0.25, -0.2) is 14.2 Å². The van der Waals surface area contributed by atoms with Crippen LogP contribution >= 0.6 is 11.3 Å². The second-order valence-electron chi connectivity index (χ2n) is 5.54. The van der Waals surface area contributed by atoms with Crippen LogP contribution in [0.5, 0.6) is 0 Å². The Bertz CT molecular complexity index is 1010. The van der Waals surface area contributed by atoms with Gasteiger partial charge in [0, 0.05) is 12.2 Å². The molecule has 1 amide bonds. The molecule has 0 aliphatic carbocycles. The van der Waals surface area contributed by atoms with Crippen molar-refractivity contribution in [2.24, 2.45) is 0 Å². The molecule has 0 spiro atoms. The quantitative estimate of drug-likeness (QED) is 0.608. The average Bonchev–Trinajstić information content (AvgIpc) is 3.15. The van der Waals surface area contributed by atoms with Crippen LogP contribution in [0.25, 0.3) is 10.2 Å². The first-order valence-corrected chi connectivity index (χ1v) is 8.89. The third-order valence-electron chi connectivity index (χ3n) is 3.78. The molecule has 3 aromatic rings. The van der Waals surface area contributed by atoms with Crippen LogP contribution in [0.3, 0.4) is 0 Å². The molecule has 3 rings (SSSR count). The van der Waals surface area contributed by atoms with Gasteiger partial charge in [0.1, 0.15) is 5.82 Å². The Morgan fingerprint density at radius 2 is 2.00 bits per heavy atom. The van der Waals surface area contributed by atoms with Gasteiger partial charge in [-0.15, -0.1) is 11.3 Å². The number of carbonyl (C=O) groups is 2. The number of anilines is 1. The third kappa shape index (κ3) is 4.46. The van der Waals surface area contributed by atoms with Gasteiger partial charge in [0.2, 0.25) is 0 Å². The Kier molecular flexibility index (Phi) is 5.74. The molecule has 1 aromatic heterocycles. The fourth-order valence-electron chi connectivity index (χ4n) is 2.45. The summed E-state index contributed by atoms with van der Waals surface area (Å²) >= 11 is 1.40. The summed E-state index contributed by atoms with van der Waals surface area (Å²) in [6.45, 7) is -0.367. The number of nitriles is 1. The number of esters is 1. The third-order valence-corrected chi connectivity index (χ3v) is 4.57. The summed E-state index contributed by atoms with van der Waals surface area (Å²) in [5.74, 6) is -1.56. The van der Waals surface area contributed by atoms with Crippen molar-refractivity contribution in [2.75, 3.05) is 18.1 Å². The van der Waals surface area contributed by atoms with Crippen LogP contribution < -0.4 is 4.90 Å². The van der Waals surface area contributed by atoms with Gasteiger partial charge in [0.25, 0.3) is 5.91 Å². The zero-order valence-corrected chi connectivity index (χ0v) is 14.9. The van der Waals surface area contributed by atoms with E-state index in [0.717, 1.165) is 10.2 Å². The highest BCUT2D eigenvalue weighted by Gasteiger charge is 2.18. The minimum Gasteiger partial charge on any atom is -0.452 e. The Hall–Kier alpha value is -3.31. The largest absolute Gasteiger partial charge is 0.452 e. The minimum absolute atomic E-state index is 0.0963. The molecule has 0 aliphatic rings. The van der Waals surface area contributed by atoms with Crippen LogP contribution in [0.1, 0.15) is 16.8 Å². The molecule has 0 atom stereocenters. The lowest BCUT2D eigenvalue weighted by Crippen LogP contribution is -2.35. The molecular weight excluding hydrogens is 369 g/mol. The summed E-state index contributed by atoms with van der Waals surface area (Å²) in [5, 5.41) is 8.79. The standard InChI is InChI=1S/C19H14FN3O3S/c20-14-3-5-15(6-4-14)23(9-1-8-21)18(24)11-26-19(25)13-2-7-16-17(10-13)27-12-22-16/h2-7,10,12H,1,9,11H2. The van der Waals surface area contributed by atoms with E-state index in [4.69, 9.17) is 10.00 Å². The van der Waals surface area contributed by atoms with Crippen LogP contribution in [-0.4, -0.2) is 30.0 Å². The fraction of sp³-hybridized carbons (Fsp3) is 0.158. The zero-order valence-electron chi connectivity index (χ0n) is 14.1. The van der Waals surface area contributed by atoms with Crippen molar-refractivity contribution >= 4 is 39.1 Å². The van der Waals surface area contributed by atoms with E-state index in [1.807, 2.05) is 6.07 Å². The lowest BCUT2D eigenvalue weighted by Gasteiger charge is -2.21. The number of thiazole rings is 1. The summed E-state index contributed by atoms with van der Waals surface area (Å²) < 4.78 is 19.1. The Morgan fingerprint density at radius 1 is 1.22 bits per heavy atom. The smallest absolute Gasteiger partial charge is 0.338 e. The van der Waals surface area contributed by atoms with Crippen molar-refractivity contribution in [1.82, 2.24) is 4.98 Å². The van der Waals surface area contributed by atoms with Gasteiger partial charge in [-0.05, 0) is 42.5 Å². The number of ether oxygens (including phenoxy) is 1. The van der Waals surface area contributed by atoms with Gasteiger partial charge in [-0.3, -0.25) is 4.79 Å². The molecule has 0 radical (unpaired) electrons. The summed E-state index contributed by atoms with van der Waals surface area (Å²) in [5.41, 5.74) is 3.22. The maximum Gasteiger partial charge on any atom is 0.338 e. The van der Waals surface area contributed by atoms with E-state index in [2.05, 4.69) is 4.98 Å². The predicted octanol–water partition coefficient (Wildman–Crippen LogP) is 3.54. The second-order valence-corrected chi connectivity index (χ2v) is 6.43. The fourth-order valence-corrected chi connectivity index (χ4v) is 3.17. The van der Waals surface area contributed by atoms with E-state index >= 15 is 0 Å². The van der Waals surface area contributed by atoms with Gasteiger partial charge in [-0.1, -0.05) is 0 Å². The summed E-state index contributed by atoms with van der Waals surface area (Å²) in [7, 11) is 0. The van der Waals surface area contributed by atoms with Crippen molar-refractivity contribution in [1.29, 1.82) is 5.26 Å². The highest BCUT2D eigenvalue weighted by atomic mass is 32.1. The highest BCUT2D eigenvalue weighted by molar-refractivity contribution is 7.16. The molecule has 0 aliphatic heterocycles. The summed E-state index contributed by atoms with van der Waals surface area (Å²) in [6.07, 6.45) is 0.0963. The number of rotatable bonds is 6. The molecule has 0 unspecified atom stereocenters.